The van der Waals surface area contributed by atoms with Gasteiger partial charge in [0.1, 0.15) is 6.29 Å². The second-order valence-electron chi connectivity index (χ2n) is 15.5. The third kappa shape index (κ3) is 11.2. The molecule has 0 aliphatic heterocycles. The molecule has 0 fully saturated rings. The third-order valence-electron chi connectivity index (χ3n) is 10.3. The number of carbonyl (C=O) groups is 1. The van der Waals surface area contributed by atoms with Crippen LogP contribution in [0.3, 0.4) is 0 Å². The molecule has 0 aliphatic carbocycles. The van der Waals surface area contributed by atoms with Crippen LogP contribution in [0, 0.1) is 17.8 Å². The van der Waals surface area contributed by atoms with E-state index in [4.69, 9.17) is 6.58 Å². The summed E-state index contributed by atoms with van der Waals surface area (Å²) in [6.45, 7) is 43.5. The maximum atomic E-state index is 11.9. The Bertz CT molecular complexity index is 2260. The van der Waals surface area contributed by atoms with Crippen molar-refractivity contribution in [1.82, 2.24) is 9.47 Å². The molecule has 0 bridgehead atoms. The minimum absolute atomic E-state index is 0.355. The van der Waals surface area contributed by atoms with Crippen LogP contribution in [0.25, 0.3) is 16.7 Å². The number of aldehydes is 1. The zero-order chi connectivity index (χ0) is 43.2. The molecule has 0 saturated heterocycles. The number of hydrogen-bond acceptors (Lipinski definition) is 2. The number of benzene rings is 1. The number of carbonyl (C=O) groups excluding carboxylic acids is 1. The van der Waals surface area contributed by atoms with Crippen molar-refractivity contribution in [2.45, 2.75) is 115 Å². The molecule has 0 N–H and O–H groups in total. The maximum absolute atomic E-state index is 11.9. The molecule has 1 atom stereocenters. The lowest BCUT2D eigenvalue weighted by molar-refractivity contribution is 0.112. The van der Waals surface area contributed by atoms with E-state index in [9.17, 15) is 4.79 Å². The fourth-order valence-electron chi connectivity index (χ4n) is 7.93. The van der Waals surface area contributed by atoms with Gasteiger partial charge in [-0.05, 0) is 152 Å². The molecule has 0 radical (unpaired) electrons. The largest absolute Gasteiger partial charge is 0.341 e. The fourth-order valence-corrected chi connectivity index (χ4v) is 7.93. The van der Waals surface area contributed by atoms with Gasteiger partial charge in [0.2, 0.25) is 0 Å². The highest BCUT2D eigenvalue weighted by Crippen LogP contribution is 2.35. The van der Waals surface area contributed by atoms with Crippen molar-refractivity contribution < 1.29 is 4.79 Å². The van der Waals surface area contributed by atoms with Crippen LogP contribution in [0.4, 0.5) is 0 Å². The van der Waals surface area contributed by atoms with E-state index in [-0.39, 0.29) is 0 Å². The Morgan fingerprint density at radius 1 is 0.965 bits per heavy atom. The van der Waals surface area contributed by atoms with Gasteiger partial charge in [-0.2, -0.15) is 0 Å². The van der Waals surface area contributed by atoms with E-state index >= 15 is 0 Å². The first kappa shape index (κ1) is 47.8. The fraction of sp³-hybridized carbons (Fsp3) is 0.352. The average molecular weight is 763 g/mol. The quantitative estimate of drug-likeness (QED) is 0.0694. The number of rotatable bonds is 17. The molecular formula is C54H70N2O. The summed E-state index contributed by atoms with van der Waals surface area (Å²) in [6.07, 6.45) is 17.4. The molecule has 1 unspecified atom stereocenters. The zero-order valence-corrected chi connectivity index (χ0v) is 38.0. The summed E-state index contributed by atoms with van der Waals surface area (Å²) in [4.78, 5) is 14.2. The van der Waals surface area contributed by atoms with Crippen LogP contribution in [0.2, 0.25) is 0 Å². The summed E-state index contributed by atoms with van der Waals surface area (Å²) in [5.74, 6) is 7.45. The van der Waals surface area contributed by atoms with E-state index in [2.05, 4.69) is 172 Å². The maximum Gasteiger partial charge on any atom is 0.178 e. The Kier molecular flexibility index (Phi) is 18.3. The zero-order valence-electron chi connectivity index (χ0n) is 38.0. The van der Waals surface area contributed by atoms with Crippen LogP contribution in [0.15, 0.2) is 149 Å². The van der Waals surface area contributed by atoms with Gasteiger partial charge in [0.25, 0.3) is 0 Å². The summed E-state index contributed by atoms with van der Waals surface area (Å²) < 4.78 is 2.43. The minimum Gasteiger partial charge on any atom is -0.341 e. The summed E-state index contributed by atoms with van der Waals surface area (Å²) >= 11 is 0. The van der Waals surface area contributed by atoms with E-state index < -0.39 is 5.66 Å². The smallest absolute Gasteiger partial charge is 0.178 e. The minimum atomic E-state index is -0.958. The second-order valence-corrected chi connectivity index (χ2v) is 15.5. The molecule has 0 amide bonds. The van der Waals surface area contributed by atoms with Gasteiger partial charge >= 0.3 is 0 Å². The number of hydrogen-bond donors (Lipinski definition) is 0. The molecule has 0 aliphatic rings. The number of aromatic nitrogens is 1. The predicted molar refractivity (Wildman–Crippen MR) is 252 cm³/mol. The monoisotopic (exact) mass is 763 g/mol. The van der Waals surface area contributed by atoms with Crippen LogP contribution >= 0.6 is 0 Å². The standard InChI is InChI=1S/C54H70N2O/c1-19-26-41(14)53(52(40(13)22-4)43(16)34-38(9)10)50-31-30-49(47(27-20-2)51(39(11)12)42(15)33-37(7)8)56(50)54(17,32-21-3)55(18)48(24-6)46(23-5)45-29-25-28-44(35-45)36-57/h19-20,23-26,28-31,33-36,38H,2,11,14,22,27H2,1,3-10,12-13,15-18H3/b26-19-,43-34-,46-23-,48-24-,49-47+,51-42+,52-40+,53-50+. The highest BCUT2D eigenvalue weighted by Gasteiger charge is 2.35. The Morgan fingerprint density at radius 3 is 2.11 bits per heavy atom. The normalized spacial score (nSPS) is 15.5. The molecule has 57 heavy (non-hydrogen) atoms. The highest BCUT2D eigenvalue weighted by atomic mass is 16.1. The summed E-state index contributed by atoms with van der Waals surface area (Å²) in [5.41, 5.74) is 13.9. The predicted octanol–water partition coefficient (Wildman–Crippen LogP) is 13.1. The Labute approximate surface area is 347 Å². The van der Waals surface area contributed by atoms with Gasteiger partial charge in [0.05, 0.1) is 5.35 Å². The van der Waals surface area contributed by atoms with Crippen molar-refractivity contribution in [2.24, 2.45) is 5.92 Å². The molecule has 3 heteroatoms. The molecule has 1 aromatic carbocycles. The molecule has 0 spiro atoms. The summed E-state index contributed by atoms with van der Waals surface area (Å²) in [5, 5.41) is 2.03. The van der Waals surface area contributed by atoms with Crippen LogP contribution < -0.4 is 10.7 Å². The average Bonchev–Trinajstić information content (AvgIpc) is 3.59. The molecule has 2 aromatic rings. The molecular weight excluding hydrogens is 693 g/mol. The number of likely N-dealkylation sites (N-methyl/N-ethyl adjacent to an activating group) is 1. The van der Waals surface area contributed by atoms with Crippen molar-refractivity contribution >= 4 is 23.0 Å². The molecule has 0 saturated carbocycles. The van der Waals surface area contributed by atoms with Crippen LogP contribution in [0.5, 0.6) is 0 Å². The molecule has 1 heterocycles. The third-order valence-corrected chi connectivity index (χ3v) is 10.3. The lowest BCUT2D eigenvalue weighted by Gasteiger charge is -2.41. The molecule has 1 aromatic heterocycles. The van der Waals surface area contributed by atoms with Gasteiger partial charge in [0, 0.05) is 34.8 Å². The van der Waals surface area contributed by atoms with E-state index in [0.717, 1.165) is 73.7 Å². The van der Waals surface area contributed by atoms with Crippen LogP contribution in [-0.2, 0) is 5.66 Å². The summed E-state index contributed by atoms with van der Waals surface area (Å²) in [6, 6.07) is 12.3. The van der Waals surface area contributed by atoms with E-state index in [1.54, 1.807) is 0 Å². The lowest BCUT2D eigenvalue weighted by atomic mass is 9.87. The number of allylic oxidation sites excluding steroid dienone is 16. The van der Waals surface area contributed by atoms with E-state index in [1.165, 1.54) is 22.3 Å². The molecule has 302 valence electrons. The van der Waals surface area contributed by atoms with Crippen molar-refractivity contribution in [1.29, 1.82) is 0 Å². The van der Waals surface area contributed by atoms with Crippen LogP contribution in [-0.4, -0.2) is 22.8 Å². The first-order valence-corrected chi connectivity index (χ1v) is 20.3. The van der Waals surface area contributed by atoms with Gasteiger partial charge < -0.3 is 9.47 Å². The second kappa shape index (κ2) is 21.8. The molecule has 2 rings (SSSR count). The number of nitrogens with zero attached hydrogens (tertiary/aromatic N) is 2. The first-order valence-electron chi connectivity index (χ1n) is 20.3. The van der Waals surface area contributed by atoms with E-state index in [1.807, 2.05) is 45.0 Å². The van der Waals surface area contributed by atoms with Gasteiger partial charge in [-0.1, -0.05) is 117 Å². The Balaban J connectivity index is 3.71. The van der Waals surface area contributed by atoms with Gasteiger partial charge in [-0.25, -0.2) is 0 Å². The topological polar surface area (TPSA) is 25.2 Å². The van der Waals surface area contributed by atoms with Crippen molar-refractivity contribution in [2.75, 3.05) is 7.05 Å². The Morgan fingerprint density at radius 2 is 1.61 bits per heavy atom. The molecule has 3 nitrogen and oxygen atoms in total. The van der Waals surface area contributed by atoms with Gasteiger partial charge in [-0.15, -0.1) is 12.5 Å². The van der Waals surface area contributed by atoms with Crippen LogP contribution in [0.1, 0.15) is 126 Å². The van der Waals surface area contributed by atoms with Crippen molar-refractivity contribution in [3.05, 3.63) is 171 Å². The van der Waals surface area contributed by atoms with Crippen molar-refractivity contribution in [3.63, 3.8) is 0 Å². The van der Waals surface area contributed by atoms with Gasteiger partial charge in [-0.3, -0.25) is 4.79 Å². The first-order chi connectivity index (χ1) is 26.9. The lowest BCUT2D eigenvalue weighted by Crippen LogP contribution is -2.53. The Hall–Kier alpha value is -5.33. The van der Waals surface area contributed by atoms with E-state index in [0.29, 0.717) is 17.9 Å². The van der Waals surface area contributed by atoms with Crippen molar-refractivity contribution in [3.8, 4) is 11.8 Å². The highest BCUT2D eigenvalue weighted by molar-refractivity contribution is 5.86. The van der Waals surface area contributed by atoms with Gasteiger partial charge in [0.15, 0.2) is 5.66 Å². The SMILES string of the molecule is C=CCC(/C(C(=C)C)=C(\C)C=C(C)C)=c1/cc\c(=C(C(=C)/C=C\C)/C(C(/C)=C\C(C)C)=C(\C)CC)n1C(C)(C#CC)N(C)C(=C\C)/C(=C\C)c1cccc(C=O)c1. The summed E-state index contributed by atoms with van der Waals surface area (Å²) in [7, 11) is 2.12.